The number of carbonyl (C=O) groups is 1. The summed E-state index contributed by atoms with van der Waals surface area (Å²) in [4.78, 5) is 21.6. The summed E-state index contributed by atoms with van der Waals surface area (Å²) in [6, 6.07) is 1.52. The molecule has 0 spiro atoms. The summed E-state index contributed by atoms with van der Waals surface area (Å²) < 4.78 is 56.0. The molecule has 2 aromatic rings. The lowest BCUT2D eigenvalue weighted by Gasteiger charge is -2.27. The first-order chi connectivity index (χ1) is 17.0. The molecule has 1 aliphatic rings. The third kappa shape index (κ3) is 6.94. The van der Waals surface area contributed by atoms with Crippen molar-refractivity contribution in [1.82, 2.24) is 19.9 Å². The Morgan fingerprint density at radius 3 is 2.56 bits per heavy atom. The summed E-state index contributed by atoms with van der Waals surface area (Å²) in [7, 11) is -3.06. The maximum Gasteiger partial charge on any atom is 0.387 e. The number of hydrogen-bond donors (Lipinski definition) is 1. The minimum atomic E-state index is -3.06. The van der Waals surface area contributed by atoms with Crippen molar-refractivity contribution in [3.05, 3.63) is 34.5 Å². The van der Waals surface area contributed by atoms with Gasteiger partial charge in [0.2, 0.25) is 0 Å². The van der Waals surface area contributed by atoms with Crippen molar-refractivity contribution in [1.29, 1.82) is 0 Å². The van der Waals surface area contributed by atoms with Crippen molar-refractivity contribution in [2.24, 2.45) is 5.92 Å². The standard InChI is InChI=1S/C24H33ClF2N4O4S/c1-4-6-7-16-12-18(35-24(26)27)22(28-14-16)31-19(5-2)30-20(21(31)25)23(32)29-13-15-8-10-17(11-9-15)36(3,33)34/h12,14-15,17,24H,4-11,13H2,1-3H3,(H,29,32). The molecule has 1 fully saturated rings. The molecule has 36 heavy (non-hydrogen) atoms. The third-order valence-corrected chi connectivity index (χ3v) is 8.54. The number of rotatable bonds is 11. The molecule has 0 aromatic carbocycles. The summed E-state index contributed by atoms with van der Waals surface area (Å²) in [6.07, 6.45) is 8.24. The first kappa shape index (κ1) is 28.3. The minimum absolute atomic E-state index is 0.0294. The SMILES string of the molecule is CCCCc1cnc(-n2c(CC)nc(C(=O)NCC3CCC(S(C)(=O)=O)CC3)c2Cl)c(OC(F)F)c1. The number of alkyl halides is 2. The number of nitrogens with zero attached hydrogens (tertiary/aromatic N) is 3. The van der Waals surface area contributed by atoms with Crippen molar-refractivity contribution < 1.29 is 26.7 Å². The number of halogens is 3. The van der Waals surface area contributed by atoms with E-state index in [1.807, 2.05) is 6.92 Å². The Morgan fingerprint density at radius 2 is 1.97 bits per heavy atom. The molecule has 0 unspecified atom stereocenters. The van der Waals surface area contributed by atoms with Gasteiger partial charge < -0.3 is 10.1 Å². The fourth-order valence-electron chi connectivity index (χ4n) is 4.47. The van der Waals surface area contributed by atoms with Crippen LogP contribution in [0.3, 0.4) is 0 Å². The van der Waals surface area contributed by atoms with Crippen molar-refractivity contribution >= 4 is 27.3 Å². The Bertz CT molecular complexity index is 1170. The van der Waals surface area contributed by atoms with Gasteiger partial charge in [0, 0.05) is 25.4 Å². The van der Waals surface area contributed by atoms with Crippen LogP contribution >= 0.6 is 11.6 Å². The Hall–Kier alpha value is -2.27. The predicted octanol–water partition coefficient (Wildman–Crippen LogP) is 4.76. The lowest BCUT2D eigenvalue weighted by atomic mass is 9.89. The topological polar surface area (TPSA) is 103 Å². The van der Waals surface area contributed by atoms with Crippen LogP contribution in [0.1, 0.15) is 74.2 Å². The molecule has 2 aromatic heterocycles. The van der Waals surface area contributed by atoms with E-state index in [0.29, 0.717) is 50.9 Å². The molecule has 8 nitrogen and oxygen atoms in total. The van der Waals surface area contributed by atoms with E-state index in [1.54, 1.807) is 13.1 Å². The monoisotopic (exact) mass is 546 g/mol. The van der Waals surface area contributed by atoms with Crippen LogP contribution in [0.15, 0.2) is 12.3 Å². The van der Waals surface area contributed by atoms with E-state index >= 15 is 0 Å². The highest BCUT2D eigenvalue weighted by Crippen LogP contribution is 2.31. The van der Waals surface area contributed by atoms with E-state index in [-0.39, 0.29) is 33.6 Å². The Kier molecular flexibility index (Phi) is 9.68. The van der Waals surface area contributed by atoms with E-state index in [9.17, 15) is 22.0 Å². The molecule has 0 bridgehead atoms. The fourth-order valence-corrected chi connectivity index (χ4v) is 5.91. The lowest BCUT2D eigenvalue weighted by molar-refractivity contribution is -0.0501. The molecule has 0 saturated heterocycles. The molecule has 1 saturated carbocycles. The second-order valence-electron chi connectivity index (χ2n) is 9.19. The summed E-state index contributed by atoms with van der Waals surface area (Å²) in [5, 5.41) is 2.47. The number of hydrogen-bond acceptors (Lipinski definition) is 6. The molecule has 1 aliphatic carbocycles. The maximum atomic E-state index is 13.2. The number of aromatic nitrogens is 3. The number of imidazole rings is 1. The zero-order valence-corrected chi connectivity index (χ0v) is 22.3. The van der Waals surface area contributed by atoms with Crippen LogP contribution < -0.4 is 10.1 Å². The molecular formula is C24H33ClF2N4O4S. The van der Waals surface area contributed by atoms with Crippen molar-refractivity contribution in [3.8, 4) is 11.6 Å². The number of unbranched alkanes of at least 4 members (excludes halogenated alkanes) is 1. The van der Waals surface area contributed by atoms with Crippen molar-refractivity contribution in [2.45, 2.75) is 77.1 Å². The lowest BCUT2D eigenvalue weighted by Crippen LogP contribution is -2.34. The molecule has 3 rings (SSSR count). The van der Waals surface area contributed by atoms with Gasteiger partial charge in [-0.1, -0.05) is 31.9 Å². The van der Waals surface area contributed by atoms with Crippen LogP contribution in [0.2, 0.25) is 5.15 Å². The second kappa shape index (κ2) is 12.3. The molecule has 0 atom stereocenters. The summed E-state index contributed by atoms with van der Waals surface area (Å²) in [5.41, 5.74) is 0.729. The maximum absolute atomic E-state index is 13.2. The summed E-state index contributed by atoms with van der Waals surface area (Å²) in [5.74, 6) is -0.0478. The van der Waals surface area contributed by atoms with Crippen LogP contribution in [0.4, 0.5) is 8.78 Å². The van der Waals surface area contributed by atoms with Gasteiger partial charge in [-0.15, -0.1) is 0 Å². The number of pyridine rings is 1. The highest BCUT2D eigenvalue weighted by molar-refractivity contribution is 7.91. The number of sulfone groups is 1. The number of ether oxygens (including phenoxy) is 1. The zero-order chi connectivity index (χ0) is 26.5. The molecule has 2 heterocycles. The first-order valence-corrected chi connectivity index (χ1v) is 14.6. The van der Waals surface area contributed by atoms with E-state index in [4.69, 9.17) is 16.3 Å². The summed E-state index contributed by atoms with van der Waals surface area (Å²) >= 11 is 6.55. The van der Waals surface area contributed by atoms with Gasteiger partial charge >= 0.3 is 6.61 Å². The molecule has 0 aliphatic heterocycles. The molecular weight excluding hydrogens is 514 g/mol. The quantitative estimate of drug-likeness (QED) is 0.436. The average molecular weight is 547 g/mol. The number of nitrogens with one attached hydrogen (secondary N) is 1. The first-order valence-electron chi connectivity index (χ1n) is 12.2. The average Bonchev–Trinajstić information content (AvgIpc) is 3.16. The van der Waals surface area contributed by atoms with Crippen molar-refractivity contribution in [2.75, 3.05) is 12.8 Å². The van der Waals surface area contributed by atoms with Gasteiger partial charge in [-0.2, -0.15) is 8.78 Å². The fraction of sp³-hybridized carbons (Fsp3) is 0.625. The smallest absolute Gasteiger partial charge is 0.387 e. The van der Waals surface area contributed by atoms with Gasteiger partial charge in [-0.25, -0.2) is 18.4 Å². The van der Waals surface area contributed by atoms with Gasteiger partial charge in [-0.05, 0) is 56.1 Å². The van der Waals surface area contributed by atoms with Crippen LogP contribution in [0.25, 0.3) is 5.82 Å². The number of amides is 1. The van der Waals surface area contributed by atoms with Gasteiger partial charge in [0.25, 0.3) is 5.91 Å². The molecule has 12 heteroatoms. The zero-order valence-electron chi connectivity index (χ0n) is 20.8. The highest BCUT2D eigenvalue weighted by atomic mass is 35.5. The number of aryl methyl sites for hydroxylation is 2. The second-order valence-corrected chi connectivity index (χ2v) is 11.9. The van der Waals surface area contributed by atoms with E-state index in [2.05, 4.69) is 15.3 Å². The van der Waals surface area contributed by atoms with Crippen molar-refractivity contribution in [3.63, 3.8) is 0 Å². The third-order valence-electron chi connectivity index (χ3n) is 6.51. The summed E-state index contributed by atoms with van der Waals surface area (Å²) in [6.45, 7) is 1.15. The predicted molar refractivity (Wildman–Crippen MR) is 134 cm³/mol. The number of carbonyl (C=O) groups excluding carboxylic acids is 1. The van der Waals surface area contributed by atoms with Gasteiger partial charge in [0.15, 0.2) is 17.3 Å². The normalized spacial score (nSPS) is 18.4. The van der Waals surface area contributed by atoms with Gasteiger partial charge in [-0.3, -0.25) is 9.36 Å². The largest absolute Gasteiger partial charge is 0.431 e. The highest BCUT2D eigenvalue weighted by Gasteiger charge is 2.29. The Morgan fingerprint density at radius 1 is 1.28 bits per heavy atom. The van der Waals surface area contributed by atoms with Crippen LogP contribution in [0, 0.1) is 5.92 Å². The molecule has 200 valence electrons. The van der Waals surface area contributed by atoms with Crippen LogP contribution in [-0.4, -0.2) is 53.5 Å². The van der Waals surface area contributed by atoms with Crippen LogP contribution in [0.5, 0.6) is 5.75 Å². The minimum Gasteiger partial charge on any atom is -0.431 e. The van der Waals surface area contributed by atoms with E-state index < -0.39 is 22.4 Å². The molecule has 1 amide bonds. The van der Waals surface area contributed by atoms with E-state index in [0.717, 1.165) is 18.4 Å². The molecule has 0 radical (unpaired) electrons. The Balaban J connectivity index is 1.80. The van der Waals surface area contributed by atoms with Gasteiger partial charge in [0.1, 0.15) is 20.8 Å². The Labute approximate surface area is 215 Å². The molecule has 1 N–H and O–H groups in total. The van der Waals surface area contributed by atoms with E-state index in [1.165, 1.54) is 16.9 Å². The van der Waals surface area contributed by atoms with Crippen LogP contribution in [-0.2, 0) is 22.7 Å². The van der Waals surface area contributed by atoms with Gasteiger partial charge in [0.05, 0.1) is 5.25 Å².